The normalized spacial score (nSPS) is 20.2. The molecule has 0 spiro atoms. The van der Waals surface area contributed by atoms with E-state index in [9.17, 15) is 18.0 Å². The van der Waals surface area contributed by atoms with Crippen molar-refractivity contribution in [2.75, 3.05) is 65.3 Å². The number of hydrogen-bond donors (Lipinski definition) is 0. The number of ether oxygens (including phenoxy) is 2. The van der Waals surface area contributed by atoms with Crippen LogP contribution in [0.4, 0.5) is 4.79 Å². The molecule has 0 aliphatic carbocycles. The highest BCUT2D eigenvalue weighted by Crippen LogP contribution is 2.22. The van der Waals surface area contributed by atoms with Gasteiger partial charge in [0.2, 0.25) is 15.9 Å². The van der Waals surface area contributed by atoms with Gasteiger partial charge < -0.3 is 19.3 Å². The van der Waals surface area contributed by atoms with Crippen molar-refractivity contribution in [2.24, 2.45) is 5.92 Å². The molecule has 0 aromatic heterocycles. The zero-order valence-corrected chi connectivity index (χ0v) is 16.4. The molecule has 2 aliphatic heterocycles. The van der Waals surface area contributed by atoms with Gasteiger partial charge in [0.15, 0.2) is 0 Å². The van der Waals surface area contributed by atoms with E-state index in [1.54, 1.807) is 16.7 Å². The number of nitrogens with zero attached hydrogens (tertiary/aromatic N) is 3. The Kier molecular flexibility index (Phi) is 7.66. The van der Waals surface area contributed by atoms with Crippen LogP contribution in [-0.4, -0.2) is 99.9 Å². The van der Waals surface area contributed by atoms with Gasteiger partial charge in [-0.1, -0.05) is 0 Å². The number of amides is 2. The van der Waals surface area contributed by atoms with Crippen molar-refractivity contribution < 1.29 is 27.5 Å². The Balaban J connectivity index is 1.79. The average Bonchev–Trinajstić information content (AvgIpc) is 2.66. The minimum absolute atomic E-state index is 0.0298. The standard InChI is InChI=1S/C16H29N3O6S/c1-3-25-16(21)18-10-8-17(9-11-18)15(20)14-4-6-19(7-5-14)26(22,23)13-12-24-2/h14H,3-13H2,1-2H3. The molecule has 10 heteroatoms. The zero-order valence-electron chi connectivity index (χ0n) is 15.6. The predicted octanol–water partition coefficient (Wildman–Crippen LogP) is -0.0247. The molecule has 0 saturated carbocycles. The summed E-state index contributed by atoms with van der Waals surface area (Å²) >= 11 is 0. The third-order valence-electron chi connectivity index (χ3n) is 4.86. The van der Waals surface area contributed by atoms with E-state index in [4.69, 9.17) is 9.47 Å². The van der Waals surface area contributed by atoms with Crippen molar-refractivity contribution in [3.05, 3.63) is 0 Å². The van der Waals surface area contributed by atoms with E-state index < -0.39 is 10.0 Å². The smallest absolute Gasteiger partial charge is 0.409 e. The molecule has 0 unspecified atom stereocenters. The molecule has 2 fully saturated rings. The van der Waals surface area contributed by atoms with E-state index in [0.29, 0.717) is 58.7 Å². The van der Waals surface area contributed by atoms with Crippen LogP contribution in [0.25, 0.3) is 0 Å². The summed E-state index contributed by atoms with van der Waals surface area (Å²) in [7, 11) is -1.84. The maximum Gasteiger partial charge on any atom is 0.409 e. The van der Waals surface area contributed by atoms with E-state index in [-0.39, 0.29) is 30.3 Å². The van der Waals surface area contributed by atoms with Crippen molar-refractivity contribution in [3.63, 3.8) is 0 Å². The van der Waals surface area contributed by atoms with Gasteiger partial charge in [-0.05, 0) is 19.8 Å². The largest absolute Gasteiger partial charge is 0.450 e. The van der Waals surface area contributed by atoms with Crippen LogP contribution in [0.1, 0.15) is 19.8 Å². The van der Waals surface area contributed by atoms with Gasteiger partial charge >= 0.3 is 6.09 Å². The van der Waals surface area contributed by atoms with Gasteiger partial charge in [0.05, 0.1) is 19.0 Å². The molecule has 0 radical (unpaired) electrons. The molecule has 0 bridgehead atoms. The molecule has 0 aromatic carbocycles. The minimum atomic E-state index is -3.32. The minimum Gasteiger partial charge on any atom is -0.450 e. The number of piperazine rings is 1. The lowest BCUT2D eigenvalue weighted by Gasteiger charge is -2.37. The van der Waals surface area contributed by atoms with Gasteiger partial charge in [-0.15, -0.1) is 0 Å². The maximum atomic E-state index is 12.7. The van der Waals surface area contributed by atoms with Crippen LogP contribution in [0, 0.1) is 5.92 Å². The van der Waals surface area contributed by atoms with Crippen LogP contribution in [-0.2, 0) is 24.3 Å². The molecule has 2 rings (SSSR count). The fraction of sp³-hybridized carbons (Fsp3) is 0.875. The number of carbonyl (C=O) groups is 2. The summed E-state index contributed by atoms with van der Waals surface area (Å²) in [6.07, 6.45) is 0.723. The summed E-state index contributed by atoms with van der Waals surface area (Å²) in [6, 6.07) is 0. The van der Waals surface area contributed by atoms with E-state index in [0.717, 1.165) is 0 Å². The lowest BCUT2D eigenvalue weighted by atomic mass is 9.96. The second-order valence-electron chi connectivity index (χ2n) is 6.49. The van der Waals surface area contributed by atoms with E-state index in [1.165, 1.54) is 11.4 Å². The number of carbonyl (C=O) groups excluding carboxylic acids is 2. The van der Waals surface area contributed by atoms with Gasteiger partial charge in [-0.3, -0.25) is 4.79 Å². The highest BCUT2D eigenvalue weighted by Gasteiger charge is 2.34. The second kappa shape index (κ2) is 9.52. The van der Waals surface area contributed by atoms with Crippen LogP contribution < -0.4 is 0 Å². The van der Waals surface area contributed by atoms with Crippen molar-refractivity contribution in [3.8, 4) is 0 Å². The first-order valence-electron chi connectivity index (χ1n) is 9.06. The summed E-state index contributed by atoms with van der Waals surface area (Å²) in [5, 5.41) is 0. The summed E-state index contributed by atoms with van der Waals surface area (Å²) in [6.45, 7) is 4.92. The molecule has 26 heavy (non-hydrogen) atoms. The van der Waals surface area contributed by atoms with Gasteiger partial charge in [0, 0.05) is 52.3 Å². The molecule has 0 aromatic rings. The molecular formula is C16H29N3O6S. The third-order valence-corrected chi connectivity index (χ3v) is 6.69. The molecule has 150 valence electrons. The first-order chi connectivity index (χ1) is 12.4. The third kappa shape index (κ3) is 5.31. The quantitative estimate of drug-likeness (QED) is 0.631. The van der Waals surface area contributed by atoms with Crippen LogP contribution in [0.15, 0.2) is 0 Å². The van der Waals surface area contributed by atoms with Gasteiger partial charge in [0.25, 0.3) is 0 Å². The summed E-state index contributed by atoms with van der Waals surface area (Å²) in [5.41, 5.74) is 0. The van der Waals surface area contributed by atoms with Gasteiger partial charge in [0.1, 0.15) is 0 Å². The summed E-state index contributed by atoms with van der Waals surface area (Å²) in [4.78, 5) is 27.8. The Hall–Kier alpha value is -1.39. The van der Waals surface area contributed by atoms with Crippen LogP contribution in [0.3, 0.4) is 0 Å². The van der Waals surface area contributed by atoms with Gasteiger partial charge in [-0.2, -0.15) is 0 Å². The highest BCUT2D eigenvalue weighted by atomic mass is 32.2. The number of sulfonamides is 1. The Morgan fingerprint density at radius 1 is 1.00 bits per heavy atom. The average molecular weight is 391 g/mol. The number of piperidine rings is 1. The first-order valence-corrected chi connectivity index (χ1v) is 10.7. The Morgan fingerprint density at radius 3 is 2.12 bits per heavy atom. The summed E-state index contributed by atoms with van der Waals surface area (Å²) in [5.74, 6) is -0.127. The number of rotatable bonds is 6. The monoisotopic (exact) mass is 391 g/mol. The molecule has 2 saturated heterocycles. The van der Waals surface area contributed by atoms with Crippen molar-refractivity contribution >= 4 is 22.0 Å². The molecular weight excluding hydrogens is 362 g/mol. The fourth-order valence-electron chi connectivity index (χ4n) is 3.28. The Morgan fingerprint density at radius 2 is 1.58 bits per heavy atom. The van der Waals surface area contributed by atoms with Crippen molar-refractivity contribution in [1.82, 2.24) is 14.1 Å². The van der Waals surface area contributed by atoms with Crippen molar-refractivity contribution in [1.29, 1.82) is 0 Å². The lowest BCUT2D eigenvalue weighted by Crippen LogP contribution is -2.53. The molecule has 0 atom stereocenters. The molecule has 2 heterocycles. The SMILES string of the molecule is CCOC(=O)N1CCN(C(=O)C2CCN(S(=O)(=O)CCOC)CC2)CC1. The Labute approximate surface area is 155 Å². The number of methoxy groups -OCH3 is 1. The van der Waals surface area contributed by atoms with Gasteiger partial charge in [-0.25, -0.2) is 17.5 Å². The van der Waals surface area contributed by atoms with E-state index >= 15 is 0 Å². The molecule has 9 nitrogen and oxygen atoms in total. The second-order valence-corrected chi connectivity index (χ2v) is 8.58. The lowest BCUT2D eigenvalue weighted by molar-refractivity contribution is -0.138. The van der Waals surface area contributed by atoms with E-state index in [2.05, 4.69) is 0 Å². The van der Waals surface area contributed by atoms with Crippen LogP contribution in [0.5, 0.6) is 0 Å². The predicted molar refractivity (Wildman–Crippen MR) is 95.1 cm³/mol. The van der Waals surface area contributed by atoms with Crippen molar-refractivity contribution in [2.45, 2.75) is 19.8 Å². The first kappa shape index (κ1) is 20.9. The molecule has 2 amide bonds. The zero-order chi connectivity index (χ0) is 19.2. The topological polar surface area (TPSA) is 96.5 Å². The molecule has 2 aliphatic rings. The van der Waals surface area contributed by atoms with E-state index in [1.807, 2.05) is 0 Å². The maximum absolute atomic E-state index is 12.7. The van der Waals surface area contributed by atoms with Crippen LogP contribution >= 0.6 is 0 Å². The summed E-state index contributed by atoms with van der Waals surface area (Å²) < 4.78 is 35.6. The number of hydrogen-bond acceptors (Lipinski definition) is 6. The van der Waals surface area contributed by atoms with Crippen LogP contribution in [0.2, 0.25) is 0 Å². The highest BCUT2D eigenvalue weighted by molar-refractivity contribution is 7.89. The fourth-order valence-corrected chi connectivity index (χ4v) is 4.68. The molecule has 0 N–H and O–H groups in total. The Bertz CT molecular complexity index is 581.